The fourth-order valence-electron chi connectivity index (χ4n) is 1.57. The van der Waals surface area contributed by atoms with E-state index in [0.29, 0.717) is 5.69 Å². The summed E-state index contributed by atoms with van der Waals surface area (Å²) in [6.45, 7) is 0. The molecule has 0 fully saturated rings. The first kappa shape index (κ1) is 10.8. The number of aromatic amines is 1. The molecule has 0 saturated carbocycles. The minimum absolute atomic E-state index is 0.0471. The molecule has 3 aromatic rings. The van der Waals surface area contributed by atoms with Crippen molar-refractivity contribution in [2.45, 2.75) is 0 Å². The van der Waals surface area contributed by atoms with E-state index in [1.54, 1.807) is 18.5 Å². The minimum Gasteiger partial charge on any atom is -0.362 e. The van der Waals surface area contributed by atoms with Crippen molar-refractivity contribution in [3.63, 3.8) is 0 Å². The highest BCUT2D eigenvalue weighted by Gasteiger charge is 2.15. The molecule has 0 aliphatic heterocycles. The van der Waals surface area contributed by atoms with Gasteiger partial charge in [-0.1, -0.05) is 16.8 Å². The van der Waals surface area contributed by atoms with Gasteiger partial charge in [-0.05, 0) is 12.1 Å². The molecule has 0 bridgehead atoms. The number of carbonyl (C=O) groups is 1. The van der Waals surface area contributed by atoms with E-state index in [-0.39, 0.29) is 10.7 Å². The number of nitrogens with one attached hydrogen (secondary N) is 2. The van der Waals surface area contributed by atoms with Crippen molar-refractivity contribution in [2.24, 2.45) is 0 Å². The number of aromatic nitrogens is 3. The monoisotopic (exact) mass is 262 g/mol. The van der Waals surface area contributed by atoms with E-state index in [0.717, 1.165) is 11.0 Å². The number of fused-ring (bicyclic) bond motifs is 1. The zero-order valence-corrected chi connectivity index (χ0v) is 9.73. The van der Waals surface area contributed by atoms with Crippen LogP contribution in [0.25, 0.3) is 11.0 Å². The van der Waals surface area contributed by atoms with E-state index in [2.05, 4.69) is 25.0 Å². The first-order valence-electron chi connectivity index (χ1n) is 5.08. The van der Waals surface area contributed by atoms with Gasteiger partial charge in [-0.25, -0.2) is 4.98 Å². The zero-order valence-electron chi connectivity index (χ0n) is 8.98. The fraction of sp³-hybridized carbons (Fsp3) is 0. The number of amides is 1. The number of hydrogen-bond donors (Lipinski definition) is 2. The van der Waals surface area contributed by atoms with Crippen LogP contribution in [-0.4, -0.2) is 21.0 Å². The van der Waals surface area contributed by atoms with Gasteiger partial charge in [0.1, 0.15) is 16.9 Å². The molecule has 0 aliphatic carbocycles. The van der Waals surface area contributed by atoms with E-state index < -0.39 is 5.91 Å². The molecule has 6 nitrogen and oxygen atoms in total. The van der Waals surface area contributed by atoms with Gasteiger partial charge >= 0.3 is 0 Å². The number of rotatable bonds is 2. The second-order valence-electron chi connectivity index (χ2n) is 3.60. The molecule has 3 heterocycles. The van der Waals surface area contributed by atoms with Crippen molar-refractivity contribution in [2.75, 3.05) is 5.32 Å². The molecule has 7 heteroatoms. The molecular formula is C11H7ClN4O2. The average Bonchev–Trinajstić information content (AvgIpc) is 2.96. The van der Waals surface area contributed by atoms with Crippen molar-refractivity contribution in [3.8, 4) is 0 Å². The lowest BCUT2D eigenvalue weighted by molar-refractivity contribution is 0.101. The lowest BCUT2D eigenvalue weighted by Gasteiger charge is -2.02. The van der Waals surface area contributed by atoms with Gasteiger partial charge in [0, 0.05) is 11.6 Å². The fourth-order valence-corrected chi connectivity index (χ4v) is 1.73. The first-order valence-corrected chi connectivity index (χ1v) is 5.46. The summed E-state index contributed by atoms with van der Waals surface area (Å²) in [5.74, 6) is -0.439. The second-order valence-corrected chi connectivity index (χ2v) is 4.01. The predicted octanol–water partition coefficient (Wildman–Crippen LogP) is 2.46. The Kier molecular flexibility index (Phi) is 2.49. The van der Waals surface area contributed by atoms with Crippen LogP contribution in [-0.2, 0) is 0 Å². The summed E-state index contributed by atoms with van der Waals surface area (Å²) in [6, 6.07) is 3.66. The molecule has 2 N–H and O–H groups in total. The van der Waals surface area contributed by atoms with Gasteiger partial charge in [-0.3, -0.25) is 4.79 Å². The Bertz CT molecular complexity index is 718. The van der Waals surface area contributed by atoms with E-state index in [9.17, 15) is 4.79 Å². The maximum atomic E-state index is 11.8. The average molecular weight is 263 g/mol. The SMILES string of the molecule is O=C(Nc1cnc2[nH]ccc2c1)c1nocc1Cl. The summed E-state index contributed by atoms with van der Waals surface area (Å²) in [5, 5.41) is 7.23. The third kappa shape index (κ3) is 1.82. The van der Waals surface area contributed by atoms with Crippen LogP contribution < -0.4 is 5.32 Å². The third-order valence-corrected chi connectivity index (χ3v) is 2.67. The molecule has 3 rings (SSSR count). The quantitative estimate of drug-likeness (QED) is 0.743. The molecule has 0 spiro atoms. The van der Waals surface area contributed by atoms with Crippen LogP contribution in [0.2, 0.25) is 5.02 Å². The Morgan fingerprint density at radius 3 is 3.17 bits per heavy atom. The number of H-pyrrole nitrogens is 1. The number of anilines is 1. The molecule has 0 aromatic carbocycles. The lowest BCUT2D eigenvalue weighted by Crippen LogP contribution is -2.12. The summed E-state index contributed by atoms with van der Waals surface area (Å²) in [7, 11) is 0. The van der Waals surface area contributed by atoms with Crippen LogP contribution in [0.15, 0.2) is 35.3 Å². The van der Waals surface area contributed by atoms with Gasteiger partial charge in [-0.15, -0.1) is 0 Å². The molecule has 0 aliphatic rings. The summed E-state index contributed by atoms with van der Waals surface area (Å²) in [4.78, 5) is 18.9. The summed E-state index contributed by atoms with van der Waals surface area (Å²) < 4.78 is 4.60. The van der Waals surface area contributed by atoms with Crippen molar-refractivity contribution in [3.05, 3.63) is 41.5 Å². The maximum absolute atomic E-state index is 11.8. The number of halogens is 1. The number of nitrogens with zero attached hydrogens (tertiary/aromatic N) is 2. The van der Waals surface area contributed by atoms with Crippen molar-refractivity contribution in [1.29, 1.82) is 0 Å². The smallest absolute Gasteiger partial charge is 0.279 e. The normalized spacial score (nSPS) is 10.7. The number of pyridine rings is 1. The van der Waals surface area contributed by atoms with Gasteiger partial charge in [0.05, 0.1) is 11.9 Å². The molecular weight excluding hydrogens is 256 g/mol. The minimum atomic E-state index is -0.439. The highest BCUT2D eigenvalue weighted by atomic mass is 35.5. The lowest BCUT2D eigenvalue weighted by atomic mass is 10.3. The summed E-state index contributed by atoms with van der Waals surface area (Å²) in [6.07, 6.45) is 4.52. The summed E-state index contributed by atoms with van der Waals surface area (Å²) >= 11 is 5.74. The van der Waals surface area contributed by atoms with Crippen LogP contribution in [0.1, 0.15) is 10.5 Å². The maximum Gasteiger partial charge on any atom is 0.279 e. The number of hydrogen-bond acceptors (Lipinski definition) is 4. The molecule has 18 heavy (non-hydrogen) atoms. The van der Waals surface area contributed by atoms with Gasteiger partial charge in [0.15, 0.2) is 5.69 Å². The van der Waals surface area contributed by atoms with Crippen LogP contribution in [0.4, 0.5) is 5.69 Å². The molecule has 3 aromatic heterocycles. The van der Waals surface area contributed by atoms with Crippen molar-refractivity contribution in [1.82, 2.24) is 15.1 Å². The first-order chi connectivity index (χ1) is 8.74. The Morgan fingerprint density at radius 1 is 1.50 bits per heavy atom. The van der Waals surface area contributed by atoms with E-state index in [1.807, 2.05) is 6.07 Å². The second kappa shape index (κ2) is 4.15. The third-order valence-electron chi connectivity index (χ3n) is 2.40. The van der Waals surface area contributed by atoms with Gasteiger partial charge in [-0.2, -0.15) is 0 Å². The summed E-state index contributed by atoms with van der Waals surface area (Å²) in [5.41, 5.74) is 1.37. The van der Waals surface area contributed by atoms with Crippen LogP contribution in [0, 0.1) is 0 Å². The van der Waals surface area contributed by atoms with Crippen molar-refractivity contribution < 1.29 is 9.32 Å². The van der Waals surface area contributed by atoms with Gasteiger partial charge < -0.3 is 14.8 Å². The molecule has 0 saturated heterocycles. The molecule has 0 atom stereocenters. The Labute approximate surface area is 106 Å². The topological polar surface area (TPSA) is 83.8 Å². The van der Waals surface area contributed by atoms with Crippen LogP contribution in [0.3, 0.4) is 0 Å². The highest BCUT2D eigenvalue weighted by Crippen LogP contribution is 2.18. The van der Waals surface area contributed by atoms with Gasteiger partial charge in [0.25, 0.3) is 5.91 Å². The zero-order chi connectivity index (χ0) is 12.5. The van der Waals surface area contributed by atoms with E-state index >= 15 is 0 Å². The van der Waals surface area contributed by atoms with E-state index in [1.165, 1.54) is 6.26 Å². The van der Waals surface area contributed by atoms with Crippen molar-refractivity contribution >= 4 is 34.2 Å². The van der Waals surface area contributed by atoms with Gasteiger partial charge in [0.2, 0.25) is 0 Å². The predicted molar refractivity (Wildman–Crippen MR) is 65.6 cm³/mol. The largest absolute Gasteiger partial charge is 0.362 e. The standard InChI is InChI=1S/C11H7ClN4O2/c12-8-5-18-16-9(8)11(17)15-7-3-6-1-2-13-10(6)14-4-7/h1-5H,(H,13,14)(H,15,17). The Morgan fingerprint density at radius 2 is 2.39 bits per heavy atom. The molecule has 1 amide bonds. The molecule has 90 valence electrons. The highest BCUT2D eigenvalue weighted by molar-refractivity contribution is 6.33. The molecule has 0 radical (unpaired) electrons. The Hall–Kier alpha value is -2.34. The van der Waals surface area contributed by atoms with Crippen LogP contribution >= 0.6 is 11.6 Å². The Balaban J connectivity index is 1.88. The van der Waals surface area contributed by atoms with Crippen LogP contribution in [0.5, 0.6) is 0 Å². The number of carbonyl (C=O) groups excluding carboxylic acids is 1. The molecule has 0 unspecified atom stereocenters. The van der Waals surface area contributed by atoms with E-state index in [4.69, 9.17) is 11.6 Å².